The molecule has 1 atom stereocenters. The molecule has 0 aliphatic rings. The van der Waals surface area contributed by atoms with Gasteiger partial charge in [-0.05, 0) is 24.7 Å². The molecule has 0 N–H and O–H groups in total. The third-order valence-electron chi connectivity index (χ3n) is 2.21. The standard InChI is InChI=1S/C11H23/c1-5-7-11(6-2)9-8-10(3)4/h7,10-11H,5-6,8-9H2,1-4H3. The van der Waals surface area contributed by atoms with Crippen molar-refractivity contribution in [1.82, 2.24) is 0 Å². The Labute approximate surface area is 72.4 Å². The number of hydrogen-bond donors (Lipinski definition) is 0. The fourth-order valence-corrected chi connectivity index (χ4v) is 1.37. The van der Waals surface area contributed by atoms with Crippen molar-refractivity contribution in [2.75, 3.05) is 0 Å². The SMILES string of the molecule is CC[CH]C(CC)CCC(C)C. The Hall–Kier alpha value is 0. The molecular weight excluding hydrogens is 132 g/mol. The van der Waals surface area contributed by atoms with Crippen LogP contribution in [0.4, 0.5) is 0 Å². The molecule has 0 aromatic carbocycles. The van der Waals surface area contributed by atoms with Gasteiger partial charge in [-0.3, -0.25) is 0 Å². The van der Waals surface area contributed by atoms with E-state index in [1.54, 1.807) is 0 Å². The summed E-state index contributed by atoms with van der Waals surface area (Å²) >= 11 is 0. The van der Waals surface area contributed by atoms with Crippen LogP contribution in [0.25, 0.3) is 0 Å². The average molecular weight is 155 g/mol. The smallest absolute Gasteiger partial charge is 0.0358 e. The van der Waals surface area contributed by atoms with E-state index >= 15 is 0 Å². The van der Waals surface area contributed by atoms with E-state index in [1.165, 1.54) is 25.7 Å². The van der Waals surface area contributed by atoms with Crippen molar-refractivity contribution in [3.05, 3.63) is 6.42 Å². The van der Waals surface area contributed by atoms with Gasteiger partial charge in [-0.15, -0.1) is 0 Å². The minimum atomic E-state index is 0.870. The van der Waals surface area contributed by atoms with Gasteiger partial charge >= 0.3 is 0 Å². The van der Waals surface area contributed by atoms with Crippen LogP contribution in [0.5, 0.6) is 0 Å². The summed E-state index contributed by atoms with van der Waals surface area (Å²) < 4.78 is 0. The van der Waals surface area contributed by atoms with Gasteiger partial charge in [-0.25, -0.2) is 0 Å². The van der Waals surface area contributed by atoms with Gasteiger partial charge in [-0.1, -0.05) is 47.0 Å². The van der Waals surface area contributed by atoms with E-state index in [0.29, 0.717) is 0 Å². The third-order valence-corrected chi connectivity index (χ3v) is 2.21. The maximum absolute atomic E-state index is 2.46. The predicted molar refractivity (Wildman–Crippen MR) is 52.4 cm³/mol. The Kier molecular flexibility index (Phi) is 6.69. The highest BCUT2D eigenvalue weighted by atomic mass is 14.1. The van der Waals surface area contributed by atoms with Crippen molar-refractivity contribution >= 4 is 0 Å². The van der Waals surface area contributed by atoms with Crippen molar-refractivity contribution in [3.63, 3.8) is 0 Å². The second-order valence-corrected chi connectivity index (χ2v) is 3.78. The molecule has 0 aromatic rings. The maximum Gasteiger partial charge on any atom is -0.0358 e. The van der Waals surface area contributed by atoms with Gasteiger partial charge in [0.1, 0.15) is 0 Å². The molecule has 1 radical (unpaired) electrons. The fourth-order valence-electron chi connectivity index (χ4n) is 1.37. The molecular formula is C11H23. The summed E-state index contributed by atoms with van der Waals surface area (Å²) in [5.41, 5.74) is 0. The van der Waals surface area contributed by atoms with E-state index in [1.807, 2.05) is 0 Å². The molecule has 0 rings (SSSR count). The summed E-state index contributed by atoms with van der Waals surface area (Å²) in [6.07, 6.45) is 7.79. The monoisotopic (exact) mass is 155 g/mol. The van der Waals surface area contributed by atoms with Crippen LogP contribution in [0.2, 0.25) is 0 Å². The minimum absolute atomic E-state index is 0.870. The molecule has 0 heteroatoms. The normalized spacial score (nSPS) is 13.9. The summed E-state index contributed by atoms with van der Waals surface area (Å²) in [5, 5.41) is 0. The summed E-state index contributed by atoms with van der Waals surface area (Å²) in [7, 11) is 0. The van der Waals surface area contributed by atoms with Crippen LogP contribution in [0, 0.1) is 18.3 Å². The molecule has 0 nitrogen and oxygen atoms in total. The highest BCUT2D eigenvalue weighted by molar-refractivity contribution is 4.73. The van der Waals surface area contributed by atoms with Gasteiger partial charge in [0.2, 0.25) is 0 Å². The van der Waals surface area contributed by atoms with Crippen molar-refractivity contribution in [3.8, 4) is 0 Å². The number of rotatable bonds is 6. The largest absolute Gasteiger partial charge is 0.0651 e. The van der Waals surface area contributed by atoms with E-state index in [2.05, 4.69) is 34.1 Å². The first-order chi connectivity index (χ1) is 5.20. The van der Waals surface area contributed by atoms with Gasteiger partial charge in [0, 0.05) is 0 Å². The summed E-state index contributed by atoms with van der Waals surface area (Å²) in [6.45, 7) is 9.13. The summed E-state index contributed by atoms with van der Waals surface area (Å²) in [5.74, 6) is 1.75. The van der Waals surface area contributed by atoms with Crippen molar-refractivity contribution < 1.29 is 0 Å². The van der Waals surface area contributed by atoms with Crippen molar-refractivity contribution in [2.45, 2.75) is 53.4 Å². The van der Waals surface area contributed by atoms with Crippen LogP contribution in [-0.2, 0) is 0 Å². The highest BCUT2D eigenvalue weighted by Gasteiger charge is 2.05. The second-order valence-electron chi connectivity index (χ2n) is 3.78. The third kappa shape index (κ3) is 6.40. The summed E-state index contributed by atoms with van der Waals surface area (Å²) in [6, 6.07) is 0. The van der Waals surface area contributed by atoms with E-state index in [-0.39, 0.29) is 0 Å². The lowest BCUT2D eigenvalue weighted by atomic mass is 9.92. The van der Waals surface area contributed by atoms with Crippen LogP contribution in [0.15, 0.2) is 0 Å². The molecule has 11 heavy (non-hydrogen) atoms. The van der Waals surface area contributed by atoms with E-state index < -0.39 is 0 Å². The first kappa shape index (κ1) is 11.0. The van der Waals surface area contributed by atoms with E-state index in [9.17, 15) is 0 Å². The Balaban J connectivity index is 3.35. The van der Waals surface area contributed by atoms with Crippen LogP contribution < -0.4 is 0 Å². The van der Waals surface area contributed by atoms with Gasteiger partial charge < -0.3 is 0 Å². The van der Waals surface area contributed by atoms with Gasteiger partial charge in [0.05, 0.1) is 0 Å². The van der Waals surface area contributed by atoms with Gasteiger partial charge in [0.25, 0.3) is 0 Å². The second kappa shape index (κ2) is 6.69. The molecule has 0 aliphatic heterocycles. The zero-order valence-corrected chi connectivity index (χ0v) is 8.56. The Morgan fingerprint density at radius 2 is 1.73 bits per heavy atom. The Morgan fingerprint density at radius 1 is 1.09 bits per heavy atom. The molecule has 0 fully saturated rings. The van der Waals surface area contributed by atoms with Crippen LogP contribution in [0.3, 0.4) is 0 Å². The molecule has 0 aliphatic carbocycles. The van der Waals surface area contributed by atoms with Crippen LogP contribution in [0.1, 0.15) is 53.4 Å². The average Bonchev–Trinajstić information content (AvgIpc) is 1.97. The number of hydrogen-bond acceptors (Lipinski definition) is 0. The molecule has 0 amide bonds. The van der Waals surface area contributed by atoms with Crippen LogP contribution in [-0.4, -0.2) is 0 Å². The van der Waals surface area contributed by atoms with Gasteiger partial charge in [-0.2, -0.15) is 0 Å². The molecule has 0 spiro atoms. The van der Waals surface area contributed by atoms with Gasteiger partial charge in [0.15, 0.2) is 0 Å². The minimum Gasteiger partial charge on any atom is -0.0651 e. The first-order valence-electron chi connectivity index (χ1n) is 5.04. The lowest BCUT2D eigenvalue weighted by Gasteiger charge is -2.14. The molecule has 67 valence electrons. The van der Waals surface area contributed by atoms with E-state index in [4.69, 9.17) is 0 Å². The Bertz CT molecular complexity index is 74.1. The van der Waals surface area contributed by atoms with Crippen molar-refractivity contribution in [1.29, 1.82) is 0 Å². The molecule has 1 unspecified atom stereocenters. The van der Waals surface area contributed by atoms with Crippen LogP contribution >= 0.6 is 0 Å². The quantitative estimate of drug-likeness (QED) is 0.542. The maximum atomic E-state index is 2.46. The lowest BCUT2D eigenvalue weighted by Crippen LogP contribution is -2.01. The lowest BCUT2D eigenvalue weighted by molar-refractivity contribution is 0.447. The predicted octanol–water partition coefficient (Wildman–Crippen LogP) is 4.06. The molecule has 0 saturated carbocycles. The van der Waals surface area contributed by atoms with E-state index in [0.717, 1.165) is 11.8 Å². The highest BCUT2D eigenvalue weighted by Crippen LogP contribution is 2.18. The first-order valence-corrected chi connectivity index (χ1v) is 5.04. The molecule has 0 heterocycles. The fraction of sp³-hybridized carbons (Fsp3) is 0.909. The van der Waals surface area contributed by atoms with Crippen molar-refractivity contribution in [2.24, 2.45) is 11.8 Å². The zero-order valence-electron chi connectivity index (χ0n) is 8.56. The molecule has 0 saturated heterocycles. The topological polar surface area (TPSA) is 0 Å². The molecule has 0 aromatic heterocycles. The zero-order chi connectivity index (χ0) is 8.69. The molecule has 0 bridgehead atoms. The summed E-state index contributed by atoms with van der Waals surface area (Å²) in [4.78, 5) is 0. The Morgan fingerprint density at radius 3 is 2.09 bits per heavy atom.